The van der Waals surface area contributed by atoms with E-state index in [9.17, 15) is 0 Å². The van der Waals surface area contributed by atoms with Gasteiger partial charge in [-0.05, 0) is 89.0 Å². The number of rotatable bonds is 6. The molecule has 1 nitrogen and oxygen atoms in total. The van der Waals surface area contributed by atoms with E-state index in [2.05, 4.69) is 31.3 Å². The molecule has 20 heavy (non-hydrogen) atoms. The lowest BCUT2D eigenvalue weighted by Gasteiger charge is -2.37. The third-order valence-corrected chi connectivity index (χ3v) is 5.68. The SMILES string of the molecule is C/C=C/C1CCC(C2CCC(NCCCC)CC2)CC1. The maximum atomic E-state index is 3.76. The van der Waals surface area contributed by atoms with Crippen molar-refractivity contribution in [3.63, 3.8) is 0 Å². The van der Waals surface area contributed by atoms with Crippen LogP contribution in [-0.4, -0.2) is 12.6 Å². The molecule has 0 aromatic rings. The first-order valence-corrected chi connectivity index (χ1v) is 9.19. The van der Waals surface area contributed by atoms with Crippen LogP contribution in [-0.2, 0) is 0 Å². The van der Waals surface area contributed by atoms with Gasteiger partial charge in [0.25, 0.3) is 0 Å². The summed E-state index contributed by atoms with van der Waals surface area (Å²) in [4.78, 5) is 0. The van der Waals surface area contributed by atoms with E-state index in [0.29, 0.717) is 0 Å². The van der Waals surface area contributed by atoms with Gasteiger partial charge in [0.15, 0.2) is 0 Å². The number of allylic oxidation sites excluding steroid dienone is 2. The molecule has 2 aliphatic carbocycles. The average molecular weight is 277 g/mol. The number of unbranched alkanes of at least 4 members (excludes halogenated alkanes) is 1. The molecule has 0 unspecified atom stereocenters. The third kappa shape index (κ3) is 4.91. The number of nitrogens with one attached hydrogen (secondary N) is 1. The molecule has 0 amide bonds. The zero-order valence-corrected chi connectivity index (χ0v) is 13.7. The van der Waals surface area contributed by atoms with Gasteiger partial charge in [0.1, 0.15) is 0 Å². The van der Waals surface area contributed by atoms with E-state index in [1.807, 2.05) is 0 Å². The van der Waals surface area contributed by atoms with Crippen molar-refractivity contribution in [2.45, 2.75) is 84.1 Å². The standard InChI is InChI=1S/C19H35N/c1-3-5-15-20-19-13-11-18(12-14-19)17-9-7-16(6-4-2)8-10-17/h4,6,16-20H,3,5,7-15H2,1-2H3/b6-4+. The predicted octanol–water partition coefficient (Wildman–Crippen LogP) is 5.32. The smallest absolute Gasteiger partial charge is 0.00672 e. The molecule has 0 aromatic heterocycles. The highest BCUT2D eigenvalue weighted by molar-refractivity contribution is 4.91. The van der Waals surface area contributed by atoms with Gasteiger partial charge in [0.2, 0.25) is 0 Å². The number of hydrogen-bond donors (Lipinski definition) is 1. The fourth-order valence-electron chi connectivity index (χ4n) is 4.36. The van der Waals surface area contributed by atoms with Crippen LogP contribution in [0.3, 0.4) is 0 Å². The van der Waals surface area contributed by atoms with Gasteiger partial charge < -0.3 is 5.32 Å². The Balaban J connectivity index is 1.64. The lowest BCUT2D eigenvalue weighted by atomic mass is 9.70. The summed E-state index contributed by atoms with van der Waals surface area (Å²) in [6, 6.07) is 0.831. The van der Waals surface area contributed by atoms with Gasteiger partial charge >= 0.3 is 0 Å². The molecule has 1 N–H and O–H groups in total. The van der Waals surface area contributed by atoms with Gasteiger partial charge in [-0.1, -0.05) is 25.5 Å². The number of hydrogen-bond acceptors (Lipinski definition) is 1. The Morgan fingerprint density at radius 3 is 2.05 bits per heavy atom. The Hall–Kier alpha value is -0.300. The molecule has 0 aromatic carbocycles. The van der Waals surface area contributed by atoms with Crippen molar-refractivity contribution in [1.82, 2.24) is 5.32 Å². The average Bonchev–Trinajstić information content (AvgIpc) is 2.49. The molecule has 0 heterocycles. The Labute approximate surface area is 126 Å². The molecular weight excluding hydrogens is 242 g/mol. The van der Waals surface area contributed by atoms with Crippen LogP contribution in [0.5, 0.6) is 0 Å². The van der Waals surface area contributed by atoms with Gasteiger partial charge in [0.05, 0.1) is 0 Å². The van der Waals surface area contributed by atoms with Crippen LogP contribution in [0.15, 0.2) is 12.2 Å². The molecule has 116 valence electrons. The second-order valence-corrected chi connectivity index (χ2v) is 7.12. The van der Waals surface area contributed by atoms with Crippen molar-refractivity contribution in [3.8, 4) is 0 Å². The first-order chi connectivity index (χ1) is 9.83. The molecule has 2 saturated carbocycles. The molecule has 0 atom stereocenters. The normalized spacial score (nSPS) is 35.5. The molecule has 2 fully saturated rings. The first kappa shape index (κ1) is 16.1. The minimum Gasteiger partial charge on any atom is -0.314 e. The van der Waals surface area contributed by atoms with E-state index in [4.69, 9.17) is 0 Å². The molecule has 2 rings (SSSR count). The van der Waals surface area contributed by atoms with Crippen molar-refractivity contribution in [2.24, 2.45) is 17.8 Å². The van der Waals surface area contributed by atoms with Crippen LogP contribution in [0, 0.1) is 17.8 Å². The molecule has 2 aliphatic rings. The Bertz CT molecular complexity index is 267. The Morgan fingerprint density at radius 2 is 1.50 bits per heavy atom. The van der Waals surface area contributed by atoms with E-state index >= 15 is 0 Å². The third-order valence-electron chi connectivity index (χ3n) is 5.68. The van der Waals surface area contributed by atoms with Gasteiger partial charge in [-0.3, -0.25) is 0 Å². The highest BCUT2D eigenvalue weighted by Gasteiger charge is 2.29. The van der Waals surface area contributed by atoms with E-state index in [1.54, 1.807) is 0 Å². The summed E-state index contributed by atoms with van der Waals surface area (Å²) in [6.07, 6.45) is 19.1. The maximum absolute atomic E-state index is 3.76. The fraction of sp³-hybridized carbons (Fsp3) is 0.895. The van der Waals surface area contributed by atoms with Crippen molar-refractivity contribution in [2.75, 3.05) is 6.54 Å². The summed E-state index contributed by atoms with van der Waals surface area (Å²) >= 11 is 0. The highest BCUT2D eigenvalue weighted by atomic mass is 14.9. The summed E-state index contributed by atoms with van der Waals surface area (Å²) in [5.41, 5.74) is 0. The minimum atomic E-state index is 0.831. The van der Waals surface area contributed by atoms with Crippen LogP contribution in [0.4, 0.5) is 0 Å². The van der Waals surface area contributed by atoms with E-state index in [0.717, 1.165) is 23.8 Å². The largest absolute Gasteiger partial charge is 0.314 e. The zero-order chi connectivity index (χ0) is 14.2. The summed E-state index contributed by atoms with van der Waals surface area (Å²) in [6.45, 7) is 5.68. The van der Waals surface area contributed by atoms with Crippen molar-refractivity contribution < 1.29 is 0 Å². The van der Waals surface area contributed by atoms with E-state index < -0.39 is 0 Å². The Kier molecular flexibility index (Phi) is 7.13. The van der Waals surface area contributed by atoms with Crippen molar-refractivity contribution in [1.29, 1.82) is 0 Å². The van der Waals surface area contributed by atoms with Crippen LogP contribution in [0.25, 0.3) is 0 Å². The topological polar surface area (TPSA) is 12.0 Å². The van der Waals surface area contributed by atoms with Crippen LogP contribution < -0.4 is 5.32 Å². The summed E-state index contributed by atoms with van der Waals surface area (Å²) in [5, 5.41) is 3.76. The van der Waals surface area contributed by atoms with E-state index in [-0.39, 0.29) is 0 Å². The molecule has 0 radical (unpaired) electrons. The van der Waals surface area contributed by atoms with Crippen LogP contribution in [0.1, 0.15) is 78.1 Å². The van der Waals surface area contributed by atoms with Crippen LogP contribution >= 0.6 is 0 Å². The predicted molar refractivity (Wildman–Crippen MR) is 88.9 cm³/mol. The zero-order valence-electron chi connectivity index (χ0n) is 13.7. The quantitative estimate of drug-likeness (QED) is 0.512. The summed E-state index contributed by atoms with van der Waals surface area (Å²) in [5.74, 6) is 2.99. The summed E-state index contributed by atoms with van der Waals surface area (Å²) < 4.78 is 0. The van der Waals surface area contributed by atoms with Crippen LogP contribution in [0.2, 0.25) is 0 Å². The second kappa shape index (κ2) is 8.87. The van der Waals surface area contributed by atoms with Gasteiger partial charge in [-0.15, -0.1) is 0 Å². The fourth-order valence-corrected chi connectivity index (χ4v) is 4.36. The molecular formula is C19H35N. The lowest BCUT2D eigenvalue weighted by molar-refractivity contribution is 0.164. The maximum Gasteiger partial charge on any atom is 0.00672 e. The van der Waals surface area contributed by atoms with Crippen molar-refractivity contribution in [3.05, 3.63) is 12.2 Å². The van der Waals surface area contributed by atoms with Gasteiger partial charge in [-0.25, -0.2) is 0 Å². The minimum absolute atomic E-state index is 0.831. The monoisotopic (exact) mass is 277 g/mol. The second-order valence-electron chi connectivity index (χ2n) is 7.12. The first-order valence-electron chi connectivity index (χ1n) is 9.19. The van der Waals surface area contributed by atoms with Crippen molar-refractivity contribution >= 4 is 0 Å². The Morgan fingerprint density at radius 1 is 0.900 bits per heavy atom. The molecule has 0 spiro atoms. The molecule has 1 heteroatoms. The summed E-state index contributed by atoms with van der Waals surface area (Å²) in [7, 11) is 0. The van der Waals surface area contributed by atoms with Gasteiger partial charge in [0, 0.05) is 6.04 Å². The molecule has 0 bridgehead atoms. The molecule has 0 aliphatic heterocycles. The highest BCUT2D eigenvalue weighted by Crippen LogP contribution is 2.40. The van der Waals surface area contributed by atoms with E-state index in [1.165, 1.54) is 70.8 Å². The molecule has 0 saturated heterocycles. The lowest BCUT2D eigenvalue weighted by Crippen LogP contribution is -2.35. The van der Waals surface area contributed by atoms with Gasteiger partial charge in [-0.2, -0.15) is 0 Å².